The van der Waals surface area contributed by atoms with Crippen molar-refractivity contribution >= 4 is 29.5 Å². The van der Waals surface area contributed by atoms with Crippen LogP contribution in [0, 0.1) is 11.3 Å². The average molecular weight is 545 g/mol. The van der Waals surface area contributed by atoms with Gasteiger partial charge in [-0.1, -0.05) is 78.5 Å². The molecule has 8 heteroatoms. The third-order valence-corrected chi connectivity index (χ3v) is 8.32. The van der Waals surface area contributed by atoms with Crippen molar-refractivity contribution in [1.82, 2.24) is 14.8 Å². The molecule has 0 aliphatic carbocycles. The summed E-state index contributed by atoms with van der Waals surface area (Å²) < 4.78 is 0. The molecule has 0 radical (unpaired) electrons. The van der Waals surface area contributed by atoms with E-state index in [9.17, 15) is 19.6 Å². The molecule has 2 aliphatic rings. The van der Waals surface area contributed by atoms with Gasteiger partial charge >= 0.3 is 0 Å². The first kappa shape index (κ1) is 25.5. The Hall–Kier alpha value is -4.74. The first-order valence-corrected chi connectivity index (χ1v) is 14.0. The third kappa shape index (κ3) is 4.65. The fraction of sp³-hybridized carbons (Fsp3) is 0.156. The predicted octanol–water partition coefficient (Wildman–Crippen LogP) is 5.13. The molecule has 0 saturated heterocycles. The van der Waals surface area contributed by atoms with Crippen LogP contribution in [0.1, 0.15) is 43.4 Å². The number of fused-ring (bicyclic) bond motifs is 2. The van der Waals surface area contributed by atoms with Crippen LogP contribution in [-0.4, -0.2) is 51.3 Å². The largest absolute Gasteiger partial charge is 0.333 e. The lowest BCUT2D eigenvalue weighted by Gasteiger charge is -2.39. The van der Waals surface area contributed by atoms with E-state index in [1.54, 1.807) is 41.3 Å². The second kappa shape index (κ2) is 10.8. The molecule has 3 aromatic carbocycles. The van der Waals surface area contributed by atoms with Crippen LogP contribution in [0.3, 0.4) is 0 Å². The molecule has 3 amide bonds. The number of carbonyl (C=O) groups excluding carboxylic acids is 3. The maximum absolute atomic E-state index is 13.7. The quantitative estimate of drug-likeness (QED) is 0.247. The molecule has 2 aliphatic heterocycles. The van der Waals surface area contributed by atoms with Crippen molar-refractivity contribution < 1.29 is 14.4 Å². The SMILES string of the molecule is N#Cc1ccc(-c2ccccc2)nc1SCC(=O)N1CCc2ccccc2C1CN1C(=O)c2ccccc2C1=O. The maximum Gasteiger partial charge on any atom is 0.261 e. The second-order valence-corrected chi connectivity index (χ2v) is 10.6. The van der Waals surface area contributed by atoms with Crippen molar-refractivity contribution in [3.63, 3.8) is 0 Å². The lowest BCUT2D eigenvalue weighted by Crippen LogP contribution is -2.47. The van der Waals surface area contributed by atoms with Crippen LogP contribution in [0.5, 0.6) is 0 Å². The fourth-order valence-corrected chi connectivity index (χ4v) is 6.20. The topological polar surface area (TPSA) is 94.4 Å². The highest BCUT2D eigenvalue weighted by atomic mass is 32.2. The van der Waals surface area contributed by atoms with Crippen LogP contribution in [0.15, 0.2) is 96.0 Å². The van der Waals surface area contributed by atoms with E-state index in [0.29, 0.717) is 34.7 Å². The van der Waals surface area contributed by atoms with Gasteiger partial charge in [-0.2, -0.15) is 5.26 Å². The molecule has 196 valence electrons. The number of nitrogens with zero attached hydrogens (tertiary/aromatic N) is 4. The number of pyridine rings is 1. The molecular weight excluding hydrogens is 520 g/mol. The van der Waals surface area contributed by atoms with Gasteiger partial charge in [0.05, 0.1) is 40.7 Å². The highest BCUT2D eigenvalue weighted by molar-refractivity contribution is 8.00. The Morgan fingerprint density at radius 3 is 2.30 bits per heavy atom. The summed E-state index contributed by atoms with van der Waals surface area (Å²) in [5.74, 6) is -0.755. The average Bonchev–Trinajstić information content (AvgIpc) is 3.25. The van der Waals surface area contributed by atoms with Gasteiger partial charge in [0, 0.05) is 12.1 Å². The van der Waals surface area contributed by atoms with Gasteiger partial charge in [-0.3, -0.25) is 19.3 Å². The molecule has 40 heavy (non-hydrogen) atoms. The zero-order valence-corrected chi connectivity index (χ0v) is 22.3. The van der Waals surface area contributed by atoms with Crippen LogP contribution < -0.4 is 0 Å². The molecule has 7 nitrogen and oxygen atoms in total. The van der Waals surface area contributed by atoms with Crippen LogP contribution >= 0.6 is 11.8 Å². The molecule has 0 N–H and O–H groups in total. The van der Waals surface area contributed by atoms with Crippen molar-refractivity contribution in [1.29, 1.82) is 5.26 Å². The minimum atomic E-state index is -0.473. The number of carbonyl (C=O) groups is 3. The van der Waals surface area contributed by atoms with Crippen molar-refractivity contribution in [2.45, 2.75) is 17.5 Å². The van der Waals surface area contributed by atoms with Gasteiger partial charge in [-0.15, -0.1) is 0 Å². The first-order chi connectivity index (χ1) is 19.5. The summed E-state index contributed by atoms with van der Waals surface area (Å²) in [5, 5.41) is 10.2. The van der Waals surface area contributed by atoms with Gasteiger partial charge in [0.1, 0.15) is 11.1 Å². The number of nitriles is 1. The normalized spacial score (nSPS) is 15.9. The van der Waals surface area contributed by atoms with Crippen molar-refractivity contribution in [2.75, 3.05) is 18.8 Å². The maximum atomic E-state index is 13.7. The molecule has 1 atom stereocenters. The molecule has 4 aromatic rings. The van der Waals surface area contributed by atoms with E-state index in [1.807, 2.05) is 54.6 Å². The second-order valence-electron chi connectivity index (χ2n) is 9.63. The molecule has 0 bridgehead atoms. The lowest BCUT2D eigenvalue weighted by atomic mass is 9.92. The van der Waals surface area contributed by atoms with E-state index in [1.165, 1.54) is 16.7 Å². The van der Waals surface area contributed by atoms with Crippen molar-refractivity contribution in [3.05, 3.63) is 119 Å². The molecule has 0 fully saturated rings. The van der Waals surface area contributed by atoms with Gasteiger partial charge in [0.15, 0.2) is 0 Å². The summed E-state index contributed by atoms with van der Waals surface area (Å²) >= 11 is 1.23. The van der Waals surface area contributed by atoms with Crippen molar-refractivity contribution in [2.24, 2.45) is 0 Å². The number of benzene rings is 3. The highest BCUT2D eigenvalue weighted by Crippen LogP contribution is 2.34. The first-order valence-electron chi connectivity index (χ1n) is 13.0. The standard InChI is InChI=1S/C32H24N4O3S/c33-18-23-14-15-27(22-9-2-1-3-10-22)34-30(23)40-20-29(37)35-17-16-21-8-4-5-11-24(21)28(35)19-36-31(38)25-12-6-7-13-26(25)32(36)39/h1-15,28H,16-17,19-20H2. The van der Waals surface area contributed by atoms with Gasteiger partial charge in [0.25, 0.3) is 11.8 Å². The number of hydrogen-bond acceptors (Lipinski definition) is 6. The molecule has 0 saturated carbocycles. The molecule has 1 aromatic heterocycles. The predicted molar refractivity (Wildman–Crippen MR) is 152 cm³/mol. The lowest BCUT2D eigenvalue weighted by molar-refractivity contribution is -0.131. The summed E-state index contributed by atoms with van der Waals surface area (Å²) in [6.45, 7) is 0.539. The van der Waals surface area contributed by atoms with Crippen LogP contribution in [0.4, 0.5) is 0 Å². The Bertz CT molecular complexity index is 1650. The minimum Gasteiger partial charge on any atom is -0.333 e. The van der Waals surface area contributed by atoms with Crippen LogP contribution in [0.25, 0.3) is 11.3 Å². The van der Waals surface area contributed by atoms with Crippen LogP contribution in [0.2, 0.25) is 0 Å². The zero-order chi connectivity index (χ0) is 27.6. The molecular formula is C32H24N4O3S. The van der Waals surface area contributed by atoms with E-state index in [2.05, 4.69) is 11.1 Å². The highest BCUT2D eigenvalue weighted by Gasteiger charge is 2.40. The van der Waals surface area contributed by atoms with E-state index >= 15 is 0 Å². The summed E-state index contributed by atoms with van der Waals surface area (Å²) in [7, 11) is 0. The Morgan fingerprint density at radius 2 is 1.57 bits per heavy atom. The molecule has 3 heterocycles. The summed E-state index contributed by atoms with van der Waals surface area (Å²) in [6, 6.07) is 29.6. The number of rotatable bonds is 6. The van der Waals surface area contributed by atoms with Gasteiger partial charge < -0.3 is 4.90 Å². The molecule has 6 rings (SSSR count). The Labute approximate surface area is 236 Å². The van der Waals surface area contributed by atoms with Gasteiger partial charge in [-0.25, -0.2) is 4.98 Å². The van der Waals surface area contributed by atoms with Gasteiger partial charge in [0.2, 0.25) is 5.91 Å². The summed E-state index contributed by atoms with van der Waals surface area (Å²) in [5.41, 5.74) is 4.87. The van der Waals surface area contributed by atoms with Crippen LogP contribution in [-0.2, 0) is 11.2 Å². The number of imide groups is 1. The summed E-state index contributed by atoms with van der Waals surface area (Å²) in [6.07, 6.45) is 0.677. The number of hydrogen-bond donors (Lipinski definition) is 0. The molecule has 1 unspecified atom stereocenters. The third-order valence-electron chi connectivity index (χ3n) is 7.35. The Kier molecular flexibility index (Phi) is 6.89. The Morgan fingerprint density at radius 1 is 0.900 bits per heavy atom. The van der Waals surface area contributed by atoms with E-state index in [4.69, 9.17) is 0 Å². The number of amides is 3. The monoisotopic (exact) mass is 544 g/mol. The fourth-order valence-electron chi connectivity index (χ4n) is 5.34. The Balaban J connectivity index is 1.25. The van der Waals surface area contributed by atoms with E-state index in [0.717, 1.165) is 22.4 Å². The van der Waals surface area contributed by atoms with E-state index in [-0.39, 0.29) is 30.0 Å². The van der Waals surface area contributed by atoms with Crippen molar-refractivity contribution in [3.8, 4) is 17.3 Å². The summed E-state index contributed by atoms with van der Waals surface area (Å²) in [4.78, 5) is 47.7. The zero-order valence-electron chi connectivity index (χ0n) is 21.5. The van der Waals surface area contributed by atoms with E-state index < -0.39 is 6.04 Å². The number of aromatic nitrogens is 1. The number of thioether (sulfide) groups is 1. The smallest absolute Gasteiger partial charge is 0.261 e. The minimum absolute atomic E-state index is 0.0701. The molecule has 0 spiro atoms. The van der Waals surface area contributed by atoms with Gasteiger partial charge in [-0.05, 0) is 41.8 Å².